The number of esters is 1. The molecule has 0 spiro atoms. The minimum atomic E-state index is -0.153. The second kappa shape index (κ2) is 2.80. The first kappa shape index (κ1) is 6.51. The third-order valence-electron chi connectivity index (χ3n) is 1.02. The molecule has 0 aromatic rings. The first-order chi connectivity index (χ1) is 4.33. The SMILES string of the molecule is CCOC(=O)CC1NN1. The van der Waals surface area contributed by atoms with Crippen molar-refractivity contribution >= 4 is 5.97 Å². The van der Waals surface area contributed by atoms with Gasteiger partial charge in [-0.25, -0.2) is 10.9 Å². The molecule has 0 saturated carbocycles. The molecule has 0 bridgehead atoms. The number of carbonyl (C=O) groups is 1. The number of ether oxygens (including phenoxy) is 1. The zero-order valence-electron chi connectivity index (χ0n) is 5.31. The molecule has 9 heavy (non-hydrogen) atoms. The van der Waals surface area contributed by atoms with Crippen LogP contribution in [-0.4, -0.2) is 18.7 Å². The molecule has 1 fully saturated rings. The van der Waals surface area contributed by atoms with E-state index in [0.717, 1.165) is 0 Å². The Labute approximate surface area is 53.5 Å². The van der Waals surface area contributed by atoms with Crippen LogP contribution in [0, 0.1) is 0 Å². The van der Waals surface area contributed by atoms with E-state index in [9.17, 15) is 4.79 Å². The van der Waals surface area contributed by atoms with Crippen LogP contribution in [0.1, 0.15) is 13.3 Å². The molecule has 4 heteroatoms. The van der Waals surface area contributed by atoms with Crippen LogP contribution in [0.4, 0.5) is 0 Å². The molecule has 1 aliphatic rings. The van der Waals surface area contributed by atoms with Crippen LogP contribution < -0.4 is 10.9 Å². The molecule has 0 aromatic carbocycles. The van der Waals surface area contributed by atoms with Crippen LogP contribution in [0.3, 0.4) is 0 Å². The third kappa shape index (κ3) is 2.43. The number of rotatable bonds is 3. The van der Waals surface area contributed by atoms with E-state index in [1.54, 1.807) is 6.92 Å². The minimum Gasteiger partial charge on any atom is -0.466 e. The molecule has 52 valence electrons. The molecule has 0 amide bonds. The first-order valence-electron chi connectivity index (χ1n) is 2.99. The highest BCUT2D eigenvalue weighted by atomic mass is 16.5. The Hall–Kier alpha value is -0.610. The van der Waals surface area contributed by atoms with Gasteiger partial charge in [-0.1, -0.05) is 0 Å². The number of nitrogens with one attached hydrogen (secondary N) is 2. The fourth-order valence-corrected chi connectivity index (χ4v) is 0.548. The van der Waals surface area contributed by atoms with Crippen molar-refractivity contribution < 1.29 is 9.53 Å². The molecule has 2 N–H and O–H groups in total. The maximum absolute atomic E-state index is 10.6. The van der Waals surface area contributed by atoms with Crippen LogP contribution in [0.25, 0.3) is 0 Å². The lowest BCUT2D eigenvalue weighted by Gasteiger charge is -1.96. The smallest absolute Gasteiger partial charge is 0.308 e. The summed E-state index contributed by atoms with van der Waals surface area (Å²) in [6, 6.07) is 0. The lowest BCUT2D eigenvalue weighted by atomic mass is 10.4. The average molecular weight is 130 g/mol. The van der Waals surface area contributed by atoms with Gasteiger partial charge in [-0.2, -0.15) is 0 Å². The number of carbonyl (C=O) groups excluding carboxylic acids is 1. The maximum Gasteiger partial charge on any atom is 0.308 e. The zero-order chi connectivity index (χ0) is 6.69. The van der Waals surface area contributed by atoms with Crippen LogP contribution >= 0.6 is 0 Å². The number of hydrogen-bond acceptors (Lipinski definition) is 4. The standard InChI is InChI=1S/C5H10N2O2/c1-2-9-5(8)3-4-6-7-4/h4,6-7H,2-3H2,1H3. The fraction of sp³-hybridized carbons (Fsp3) is 0.800. The van der Waals surface area contributed by atoms with Crippen LogP contribution in [0.2, 0.25) is 0 Å². The van der Waals surface area contributed by atoms with Gasteiger partial charge >= 0.3 is 5.97 Å². The van der Waals surface area contributed by atoms with Gasteiger partial charge in [-0.05, 0) is 6.92 Å². The summed E-state index contributed by atoms with van der Waals surface area (Å²) in [4.78, 5) is 10.6. The lowest BCUT2D eigenvalue weighted by Crippen LogP contribution is -2.08. The Bertz CT molecular complexity index is 112. The van der Waals surface area contributed by atoms with E-state index in [4.69, 9.17) is 0 Å². The highest BCUT2D eigenvalue weighted by Gasteiger charge is 2.22. The summed E-state index contributed by atoms with van der Waals surface area (Å²) < 4.78 is 4.67. The average Bonchev–Trinajstić information content (AvgIpc) is 2.50. The fourth-order valence-electron chi connectivity index (χ4n) is 0.548. The van der Waals surface area contributed by atoms with Gasteiger partial charge in [0.25, 0.3) is 0 Å². The van der Waals surface area contributed by atoms with Gasteiger partial charge < -0.3 is 4.74 Å². The molecule has 1 aliphatic heterocycles. The van der Waals surface area contributed by atoms with Gasteiger partial charge in [-0.3, -0.25) is 4.79 Å². The second-order valence-corrected chi connectivity index (χ2v) is 1.85. The monoisotopic (exact) mass is 130 g/mol. The van der Waals surface area contributed by atoms with Crippen molar-refractivity contribution in [1.29, 1.82) is 0 Å². The van der Waals surface area contributed by atoms with E-state index in [1.807, 2.05) is 0 Å². The van der Waals surface area contributed by atoms with Gasteiger partial charge in [0.15, 0.2) is 0 Å². The predicted octanol–water partition coefficient (Wildman–Crippen LogP) is -0.627. The van der Waals surface area contributed by atoms with Crippen molar-refractivity contribution in [3.63, 3.8) is 0 Å². The molecule has 0 unspecified atom stereocenters. The first-order valence-corrected chi connectivity index (χ1v) is 2.99. The molecule has 1 saturated heterocycles. The molecule has 1 rings (SSSR count). The van der Waals surface area contributed by atoms with E-state index in [1.165, 1.54) is 0 Å². The summed E-state index contributed by atoms with van der Waals surface area (Å²) in [5, 5.41) is 0. The van der Waals surface area contributed by atoms with Crippen molar-refractivity contribution in [3.05, 3.63) is 0 Å². The molecule has 0 atom stereocenters. The second-order valence-electron chi connectivity index (χ2n) is 1.85. The molecule has 0 radical (unpaired) electrons. The van der Waals surface area contributed by atoms with E-state index < -0.39 is 0 Å². The van der Waals surface area contributed by atoms with Crippen LogP contribution in [0.15, 0.2) is 0 Å². The molecule has 0 aliphatic carbocycles. The van der Waals surface area contributed by atoms with E-state index in [2.05, 4.69) is 15.6 Å². The van der Waals surface area contributed by atoms with Crippen molar-refractivity contribution in [2.24, 2.45) is 0 Å². The Morgan fingerprint density at radius 3 is 2.78 bits per heavy atom. The Morgan fingerprint density at radius 2 is 2.33 bits per heavy atom. The van der Waals surface area contributed by atoms with Gasteiger partial charge in [0.1, 0.15) is 0 Å². The quantitative estimate of drug-likeness (QED) is 0.394. The van der Waals surface area contributed by atoms with E-state index in [-0.39, 0.29) is 12.1 Å². The normalized spacial score (nSPS) is 17.4. The van der Waals surface area contributed by atoms with Crippen molar-refractivity contribution in [3.8, 4) is 0 Å². The molecular weight excluding hydrogens is 120 g/mol. The molecule has 4 nitrogen and oxygen atoms in total. The number of hydrazine groups is 1. The van der Waals surface area contributed by atoms with Crippen molar-refractivity contribution in [2.45, 2.75) is 19.5 Å². The lowest BCUT2D eigenvalue weighted by molar-refractivity contribution is -0.143. The third-order valence-corrected chi connectivity index (χ3v) is 1.02. The van der Waals surface area contributed by atoms with Crippen molar-refractivity contribution in [2.75, 3.05) is 6.61 Å². The van der Waals surface area contributed by atoms with E-state index >= 15 is 0 Å². The summed E-state index contributed by atoms with van der Waals surface area (Å²) in [7, 11) is 0. The molecule has 0 aromatic heterocycles. The van der Waals surface area contributed by atoms with Gasteiger partial charge in [0, 0.05) is 0 Å². The summed E-state index contributed by atoms with van der Waals surface area (Å²) >= 11 is 0. The summed E-state index contributed by atoms with van der Waals surface area (Å²) in [5.74, 6) is -0.153. The molecular formula is C5H10N2O2. The highest BCUT2D eigenvalue weighted by Crippen LogP contribution is 1.96. The van der Waals surface area contributed by atoms with E-state index in [0.29, 0.717) is 13.0 Å². The Kier molecular flexibility index (Phi) is 2.02. The minimum absolute atomic E-state index is 0.153. The van der Waals surface area contributed by atoms with Crippen LogP contribution in [0.5, 0.6) is 0 Å². The maximum atomic E-state index is 10.6. The van der Waals surface area contributed by atoms with Crippen molar-refractivity contribution in [1.82, 2.24) is 10.9 Å². The van der Waals surface area contributed by atoms with Crippen LogP contribution in [-0.2, 0) is 9.53 Å². The number of hydrogen-bond donors (Lipinski definition) is 2. The summed E-state index contributed by atoms with van der Waals surface area (Å²) in [6.45, 7) is 2.26. The molecule has 1 heterocycles. The predicted molar refractivity (Wildman–Crippen MR) is 31.3 cm³/mol. The Balaban J connectivity index is 2.02. The zero-order valence-corrected chi connectivity index (χ0v) is 5.31. The topological polar surface area (TPSA) is 70.2 Å². The van der Waals surface area contributed by atoms with Gasteiger partial charge in [0.2, 0.25) is 0 Å². The summed E-state index contributed by atoms with van der Waals surface area (Å²) in [6.07, 6.45) is 0.581. The summed E-state index contributed by atoms with van der Waals surface area (Å²) in [5.41, 5.74) is 5.55. The highest BCUT2D eigenvalue weighted by molar-refractivity contribution is 5.70. The van der Waals surface area contributed by atoms with Gasteiger partial charge in [0.05, 0.1) is 19.2 Å². The Morgan fingerprint density at radius 1 is 1.67 bits per heavy atom. The van der Waals surface area contributed by atoms with Gasteiger partial charge in [-0.15, -0.1) is 0 Å². The largest absolute Gasteiger partial charge is 0.466 e.